The lowest BCUT2D eigenvalue weighted by Crippen LogP contribution is -2.13. The summed E-state index contributed by atoms with van der Waals surface area (Å²) >= 11 is 15.4. The Morgan fingerprint density at radius 2 is 1.72 bits per heavy atom. The summed E-state index contributed by atoms with van der Waals surface area (Å²) in [6.07, 6.45) is 1.57. The molecule has 3 aromatic rings. The van der Waals surface area contributed by atoms with Gasteiger partial charge in [0.2, 0.25) is 0 Å². The van der Waals surface area contributed by atoms with Crippen LogP contribution in [-0.4, -0.2) is 5.91 Å². The topological polar surface area (TPSA) is 62.1 Å². The standard InChI is InChI=1S/C25H19BrCl2N2O2/c1-15-9-18(11-19(13-29)25(31)30-21-6-4-20(26)5-7-21)10-16(2)24(15)32-14-17-3-8-22(27)23(28)12-17/h3-12H,14H2,1-2H3,(H,30,31)/b19-11+. The Balaban J connectivity index is 1.76. The van der Waals surface area contributed by atoms with E-state index in [1.54, 1.807) is 30.3 Å². The van der Waals surface area contributed by atoms with Crippen LogP contribution in [0, 0.1) is 25.2 Å². The van der Waals surface area contributed by atoms with Crippen LogP contribution in [0.15, 0.2) is 64.6 Å². The first-order valence-corrected chi connectivity index (χ1v) is 11.2. The first-order valence-electron chi connectivity index (χ1n) is 9.63. The van der Waals surface area contributed by atoms with Gasteiger partial charge < -0.3 is 10.1 Å². The van der Waals surface area contributed by atoms with Crippen LogP contribution in [0.2, 0.25) is 10.0 Å². The lowest BCUT2D eigenvalue weighted by Gasteiger charge is -2.14. The van der Waals surface area contributed by atoms with Gasteiger partial charge in [0.15, 0.2) is 0 Å². The van der Waals surface area contributed by atoms with E-state index < -0.39 is 5.91 Å². The molecule has 1 amide bonds. The van der Waals surface area contributed by atoms with E-state index >= 15 is 0 Å². The number of amides is 1. The maximum absolute atomic E-state index is 12.5. The maximum atomic E-state index is 12.5. The number of rotatable bonds is 6. The number of hydrogen-bond donors (Lipinski definition) is 1. The summed E-state index contributed by atoms with van der Waals surface area (Å²) in [5.41, 5.74) is 4.04. The highest BCUT2D eigenvalue weighted by molar-refractivity contribution is 9.10. The van der Waals surface area contributed by atoms with Gasteiger partial charge in [-0.05, 0) is 90.7 Å². The average Bonchev–Trinajstić information content (AvgIpc) is 2.75. The largest absolute Gasteiger partial charge is 0.488 e. The van der Waals surface area contributed by atoms with E-state index in [2.05, 4.69) is 21.2 Å². The molecule has 0 radical (unpaired) electrons. The highest BCUT2D eigenvalue weighted by Crippen LogP contribution is 2.28. The Hall–Kier alpha value is -2.78. The van der Waals surface area contributed by atoms with Crippen LogP contribution in [0.1, 0.15) is 22.3 Å². The molecule has 0 saturated carbocycles. The summed E-state index contributed by atoms with van der Waals surface area (Å²) in [5.74, 6) is 0.274. The van der Waals surface area contributed by atoms with E-state index in [1.807, 2.05) is 50.2 Å². The van der Waals surface area contributed by atoms with Crippen LogP contribution >= 0.6 is 39.1 Å². The van der Waals surface area contributed by atoms with Crippen LogP contribution in [0.25, 0.3) is 6.08 Å². The molecule has 0 aliphatic carbocycles. The lowest BCUT2D eigenvalue weighted by molar-refractivity contribution is -0.112. The Morgan fingerprint density at radius 3 is 2.31 bits per heavy atom. The number of carbonyl (C=O) groups excluding carboxylic acids is 1. The second-order valence-corrected chi connectivity index (χ2v) is 8.88. The molecular formula is C25H19BrCl2N2O2. The number of anilines is 1. The molecule has 0 aromatic heterocycles. The van der Waals surface area contributed by atoms with E-state index in [1.165, 1.54) is 0 Å². The molecule has 162 valence electrons. The highest BCUT2D eigenvalue weighted by atomic mass is 79.9. The quantitative estimate of drug-likeness (QED) is 0.265. The van der Waals surface area contributed by atoms with Gasteiger partial charge in [-0.1, -0.05) is 45.2 Å². The number of aryl methyl sites for hydroxylation is 2. The molecule has 0 unspecified atom stereocenters. The second-order valence-electron chi connectivity index (χ2n) is 7.15. The van der Waals surface area contributed by atoms with Crippen molar-refractivity contribution < 1.29 is 9.53 Å². The summed E-state index contributed by atoms with van der Waals surface area (Å²) in [7, 11) is 0. The number of nitriles is 1. The highest BCUT2D eigenvalue weighted by Gasteiger charge is 2.12. The van der Waals surface area contributed by atoms with Crippen LogP contribution in [-0.2, 0) is 11.4 Å². The predicted molar refractivity (Wildman–Crippen MR) is 133 cm³/mol. The molecule has 1 N–H and O–H groups in total. The molecule has 3 aromatic carbocycles. The minimum atomic E-state index is -0.468. The van der Waals surface area contributed by atoms with Gasteiger partial charge in [-0.2, -0.15) is 5.26 Å². The molecule has 0 bridgehead atoms. The van der Waals surface area contributed by atoms with Crippen LogP contribution in [0.5, 0.6) is 5.75 Å². The normalized spacial score (nSPS) is 11.1. The zero-order chi connectivity index (χ0) is 23.3. The summed E-state index contributed by atoms with van der Waals surface area (Å²) in [4.78, 5) is 12.5. The molecule has 0 atom stereocenters. The Kier molecular flexibility index (Phi) is 7.98. The van der Waals surface area contributed by atoms with Gasteiger partial charge in [-0.3, -0.25) is 4.79 Å². The molecule has 7 heteroatoms. The number of nitrogens with one attached hydrogen (secondary N) is 1. The number of carbonyl (C=O) groups is 1. The Morgan fingerprint density at radius 1 is 1.06 bits per heavy atom. The van der Waals surface area contributed by atoms with Crippen LogP contribution < -0.4 is 10.1 Å². The summed E-state index contributed by atoms with van der Waals surface area (Å²) in [6.45, 7) is 4.18. The fourth-order valence-corrected chi connectivity index (χ4v) is 3.71. The first kappa shape index (κ1) is 23.9. The van der Waals surface area contributed by atoms with Crippen molar-refractivity contribution in [3.63, 3.8) is 0 Å². The fraction of sp³-hybridized carbons (Fsp3) is 0.120. The Bertz CT molecular complexity index is 1210. The fourth-order valence-electron chi connectivity index (χ4n) is 3.13. The SMILES string of the molecule is Cc1cc(/C=C(\C#N)C(=O)Nc2ccc(Br)cc2)cc(C)c1OCc1ccc(Cl)c(Cl)c1. The minimum Gasteiger partial charge on any atom is -0.488 e. The minimum absolute atomic E-state index is 0.0104. The van der Waals surface area contributed by atoms with Gasteiger partial charge in [-0.25, -0.2) is 0 Å². The van der Waals surface area contributed by atoms with Crippen LogP contribution in [0.4, 0.5) is 5.69 Å². The summed E-state index contributed by atoms with van der Waals surface area (Å²) < 4.78 is 6.90. The van der Waals surface area contributed by atoms with Gasteiger partial charge in [0, 0.05) is 10.2 Å². The summed E-state index contributed by atoms with van der Waals surface area (Å²) in [6, 6.07) is 18.2. The van der Waals surface area contributed by atoms with Crippen molar-refractivity contribution in [3.8, 4) is 11.8 Å². The van der Waals surface area contributed by atoms with Crippen molar-refractivity contribution >= 4 is 56.8 Å². The third-order valence-corrected chi connectivity index (χ3v) is 5.90. The number of halogens is 3. The summed E-state index contributed by atoms with van der Waals surface area (Å²) in [5, 5.41) is 13.2. The third kappa shape index (κ3) is 6.14. The van der Waals surface area contributed by atoms with Crippen molar-refractivity contribution in [2.24, 2.45) is 0 Å². The second kappa shape index (κ2) is 10.7. The molecule has 0 spiro atoms. The van der Waals surface area contributed by atoms with Gasteiger partial charge in [-0.15, -0.1) is 0 Å². The van der Waals surface area contributed by atoms with Crippen molar-refractivity contribution in [2.45, 2.75) is 20.5 Å². The molecule has 0 heterocycles. The number of ether oxygens (including phenoxy) is 1. The molecule has 0 fully saturated rings. The molecular weight excluding hydrogens is 511 g/mol. The van der Waals surface area contributed by atoms with Crippen LogP contribution in [0.3, 0.4) is 0 Å². The van der Waals surface area contributed by atoms with Crippen molar-refractivity contribution in [1.29, 1.82) is 5.26 Å². The number of hydrogen-bond acceptors (Lipinski definition) is 3. The van der Waals surface area contributed by atoms with Crippen molar-refractivity contribution in [3.05, 3.63) is 96.9 Å². The van der Waals surface area contributed by atoms with Gasteiger partial charge in [0.05, 0.1) is 10.0 Å². The third-order valence-electron chi connectivity index (χ3n) is 4.63. The molecule has 0 saturated heterocycles. The monoisotopic (exact) mass is 528 g/mol. The average molecular weight is 530 g/mol. The smallest absolute Gasteiger partial charge is 0.266 e. The lowest BCUT2D eigenvalue weighted by atomic mass is 10.0. The number of nitrogens with zero attached hydrogens (tertiary/aromatic N) is 1. The first-order chi connectivity index (χ1) is 15.3. The molecule has 0 aliphatic rings. The van der Waals surface area contributed by atoms with E-state index in [4.69, 9.17) is 27.9 Å². The van der Waals surface area contributed by atoms with Gasteiger partial charge in [0.1, 0.15) is 24.0 Å². The van der Waals surface area contributed by atoms with E-state index in [-0.39, 0.29) is 5.57 Å². The van der Waals surface area contributed by atoms with E-state index in [0.717, 1.165) is 32.5 Å². The van der Waals surface area contributed by atoms with Gasteiger partial charge in [0.25, 0.3) is 5.91 Å². The zero-order valence-corrected chi connectivity index (χ0v) is 20.5. The molecule has 32 heavy (non-hydrogen) atoms. The van der Waals surface area contributed by atoms with E-state index in [0.29, 0.717) is 22.3 Å². The zero-order valence-electron chi connectivity index (χ0n) is 17.4. The molecule has 4 nitrogen and oxygen atoms in total. The maximum Gasteiger partial charge on any atom is 0.266 e. The molecule has 0 aliphatic heterocycles. The molecule has 3 rings (SSSR count). The van der Waals surface area contributed by atoms with E-state index in [9.17, 15) is 10.1 Å². The number of benzene rings is 3. The van der Waals surface area contributed by atoms with Gasteiger partial charge >= 0.3 is 0 Å². The predicted octanol–water partition coefficient (Wildman–Crippen LogP) is 7.50. The van der Waals surface area contributed by atoms with Crippen molar-refractivity contribution in [2.75, 3.05) is 5.32 Å². The van der Waals surface area contributed by atoms with Crippen molar-refractivity contribution in [1.82, 2.24) is 0 Å². The Labute approximate surface area is 205 Å².